The van der Waals surface area contributed by atoms with Crippen LogP contribution in [0.1, 0.15) is 50.8 Å². The predicted molar refractivity (Wildman–Crippen MR) is 76.4 cm³/mol. The van der Waals surface area contributed by atoms with Crippen LogP contribution in [0.4, 0.5) is 0 Å². The minimum Gasteiger partial charge on any atom is -0.311 e. The molecule has 1 heterocycles. The first kappa shape index (κ1) is 13.1. The first-order valence-electron chi connectivity index (χ1n) is 6.93. The van der Waals surface area contributed by atoms with Crippen molar-refractivity contribution in [1.82, 2.24) is 5.32 Å². The molecule has 0 amide bonds. The third-order valence-electron chi connectivity index (χ3n) is 3.88. The topological polar surface area (TPSA) is 12.0 Å². The van der Waals surface area contributed by atoms with Crippen LogP contribution in [0.2, 0.25) is 0 Å². The molecule has 96 valence electrons. The van der Waals surface area contributed by atoms with Crippen molar-refractivity contribution in [3.63, 3.8) is 0 Å². The van der Waals surface area contributed by atoms with E-state index in [0.717, 1.165) is 12.5 Å². The molecule has 1 nitrogen and oxygen atoms in total. The average molecular weight is 251 g/mol. The Bertz CT molecular complexity index is 310. The van der Waals surface area contributed by atoms with Gasteiger partial charge in [0.05, 0.1) is 0 Å². The molecule has 0 unspecified atom stereocenters. The van der Waals surface area contributed by atoms with Crippen LogP contribution in [0.3, 0.4) is 0 Å². The molecule has 0 saturated heterocycles. The fraction of sp³-hybridized carbons (Fsp3) is 0.733. The van der Waals surface area contributed by atoms with Crippen LogP contribution in [0.25, 0.3) is 0 Å². The van der Waals surface area contributed by atoms with Gasteiger partial charge >= 0.3 is 0 Å². The first-order chi connectivity index (χ1) is 8.20. The molecule has 0 aromatic carbocycles. The van der Waals surface area contributed by atoms with Crippen molar-refractivity contribution in [1.29, 1.82) is 0 Å². The second-order valence-electron chi connectivity index (χ2n) is 5.99. The summed E-state index contributed by atoms with van der Waals surface area (Å²) < 4.78 is 0. The molecule has 1 aromatic heterocycles. The maximum Gasteiger partial charge on any atom is 0.0299 e. The van der Waals surface area contributed by atoms with E-state index in [1.165, 1.54) is 43.5 Å². The van der Waals surface area contributed by atoms with E-state index in [1.54, 1.807) is 0 Å². The molecule has 1 fully saturated rings. The van der Waals surface area contributed by atoms with E-state index in [-0.39, 0.29) is 0 Å². The summed E-state index contributed by atoms with van der Waals surface area (Å²) in [5, 5.41) is 5.85. The molecule has 1 aliphatic carbocycles. The number of nitrogens with one attached hydrogen (secondary N) is 1. The molecule has 1 aliphatic rings. The average Bonchev–Trinajstić information content (AvgIpc) is 2.89. The summed E-state index contributed by atoms with van der Waals surface area (Å²) in [6, 6.07) is 4.36. The maximum absolute atomic E-state index is 3.69. The number of hydrogen-bond donors (Lipinski definition) is 1. The molecule has 2 heteroatoms. The molecule has 0 radical (unpaired) electrons. The highest BCUT2D eigenvalue weighted by atomic mass is 32.1. The van der Waals surface area contributed by atoms with Gasteiger partial charge in [0.2, 0.25) is 0 Å². The van der Waals surface area contributed by atoms with Crippen LogP contribution < -0.4 is 5.32 Å². The molecule has 0 spiro atoms. The zero-order valence-electron chi connectivity index (χ0n) is 11.2. The van der Waals surface area contributed by atoms with Crippen LogP contribution in [0.15, 0.2) is 17.5 Å². The lowest BCUT2D eigenvalue weighted by Gasteiger charge is -2.31. The minimum atomic E-state index is 0.603. The molecule has 1 N–H and O–H groups in total. The largest absolute Gasteiger partial charge is 0.311 e. The van der Waals surface area contributed by atoms with Gasteiger partial charge < -0.3 is 5.32 Å². The highest BCUT2D eigenvalue weighted by molar-refractivity contribution is 7.09. The lowest BCUT2D eigenvalue weighted by atomic mass is 9.78. The van der Waals surface area contributed by atoms with Gasteiger partial charge in [-0.1, -0.05) is 32.8 Å². The van der Waals surface area contributed by atoms with Crippen molar-refractivity contribution in [2.75, 3.05) is 6.54 Å². The first-order valence-corrected chi connectivity index (χ1v) is 7.81. The van der Waals surface area contributed by atoms with Gasteiger partial charge in [0.25, 0.3) is 0 Å². The molecule has 0 bridgehead atoms. The predicted octanol–water partition coefficient (Wildman–Crippen LogP) is 4.44. The zero-order valence-corrected chi connectivity index (χ0v) is 12.0. The van der Waals surface area contributed by atoms with Crippen molar-refractivity contribution >= 4 is 11.3 Å². The minimum absolute atomic E-state index is 0.603. The van der Waals surface area contributed by atoms with Crippen molar-refractivity contribution in [2.24, 2.45) is 11.3 Å². The van der Waals surface area contributed by atoms with Gasteiger partial charge in [-0.05, 0) is 42.0 Å². The summed E-state index contributed by atoms with van der Waals surface area (Å²) in [4.78, 5) is 1.46. The summed E-state index contributed by atoms with van der Waals surface area (Å²) in [6.07, 6.45) is 7.14. The highest BCUT2D eigenvalue weighted by Gasteiger charge is 2.33. The Morgan fingerprint density at radius 3 is 2.71 bits per heavy atom. The molecular formula is C15H25NS. The zero-order chi connectivity index (χ0) is 12.1. The maximum atomic E-state index is 3.69. The molecule has 0 aliphatic heterocycles. The second-order valence-corrected chi connectivity index (χ2v) is 7.02. The van der Waals surface area contributed by atoms with Crippen LogP contribution >= 0.6 is 11.3 Å². The van der Waals surface area contributed by atoms with E-state index >= 15 is 0 Å². The molecule has 0 atom stereocenters. The van der Waals surface area contributed by atoms with Gasteiger partial charge in [0.15, 0.2) is 0 Å². The molecule has 17 heavy (non-hydrogen) atoms. The Kier molecular flexibility index (Phi) is 4.63. The number of rotatable bonds is 6. The summed E-state index contributed by atoms with van der Waals surface area (Å²) in [7, 11) is 0. The van der Waals surface area contributed by atoms with Crippen LogP contribution in [-0.4, -0.2) is 6.54 Å². The summed E-state index contributed by atoms with van der Waals surface area (Å²) in [6.45, 7) is 6.99. The lowest BCUT2D eigenvalue weighted by Crippen LogP contribution is -2.32. The van der Waals surface area contributed by atoms with Gasteiger partial charge in [-0.15, -0.1) is 11.3 Å². The van der Waals surface area contributed by atoms with Crippen molar-refractivity contribution in [3.8, 4) is 0 Å². The van der Waals surface area contributed by atoms with E-state index in [4.69, 9.17) is 0 Å². The Morgan fingerprint density at radius 2 is 2.12 bits per heavy atom. The van der Waals surface area contributed by atoms with Gasteiger partial charge in [-0.2, -0.15) is 0 Å². The number of thiophene rings is 1. The van der Waals surface area contributed by atoms with Gasteiger partial charge in [-0.25, -0.2) is 0 Å². The Balaban J connectivity index is 1.81. The normalized spacial score (nSPS) is 19.0. The Labute approximate surface area is 110 Å². The SMILES string of the molecule is CC(C)CC1(CNCc2cccs2)CCCC1. The fourth-order valence-electron chi connectivity index (χ4n) is 3.31. The van der Waals surface area contributed by atoms with Crippen LogP contribution in [-0.2, 0) is 6.54 Å². The van der Waals surface area contributed by atoms with Gasteiger partial charge in [-0.3, -0.25) is 0 Å². The van der Waals surface area contributed by atoms with Crippen LogP contribution in [0, 0.1) is 11.3 Å². The number of hydrogen-bond acceptors (Lipinski definition) is 2. The van der Waals surface area contributed by atoms with Crippen LogP contribution in [0.5, 0.6) is 0 Å². The van der Waals surface area contributed by atoms with E-state index in [2.05, 4.69) is 36.7 Å². The second kappa shape index (κ2) is 6.01. The monoisotopic (exact) mass is 251 g/mol. The van der Waals surface area contributed by atoms with E-state index in [9.17, 15) is 0 Å². The lowest BCUT2D eigenvalue weighted by molar-refractivity contribution is 0.224. The van der Waals surface area contributed by atoms with E-state index in [1.807, 2.05) is 11.3 Å². The molecule has 1 aromatic rings. The van der Waals surface area contributed by atoms with Crippen molar-refractivity contribution < 1.29 is 0 Å². The van der Waals surface area contributed by atoms with Crippen molar-refractivity contribution in [2.45, 2.75) is 52.5 Å². The summed E-state index contributed by atoms with van der Waals surface area (Å²) in [5.74, 6) is 0.830. The van der Waals surface area contributed by atoms with E-state index in [0.29, 0.717) is 5.41 Å². The quantitative estimate of drug-likeness (QED) is 0.788. The molecule has 2 rings (SSSR count). The fourth-order valence-corrected chi connectivity index (χ4v) is 3.98. The van der Waals surface area contributed by atoms with E-state index < -0.39 is 0 Å². The Morgan fingerprint density at radius 1 is 1.35 bits per heavy atom. The van der Waals surface area contributed by atoms with Gasteiger partial charge in [0, 0.05) is 18.0 Å². The third kappa shape index (κ3) is 3.82. The van der Waals surface area contributed by atoms with Crippen molar-refractivity contribution in [3.05, 3.63) is 22.4 Å². The molecule has 1 saturated carbocycles. The smallest absolute Gasteiger partial charge is 0.0299 e. The van der Waals surface area contributed by atoms with Gasteiger partial charge in [0.1, 0.15) is 0 Å². The summed E-state index contributed by atoms with van der Waals surface area (Å²) >= 11 is 1.86. The third-order valence-corrected chi connectivity index (χ3v) is 4.76. The Hall–Kier alpha value is -0.340. The summed E-state index contributed by atoms with van der Waals surface area (Å²) in [5.41, 5.74) is 0.603. The molecular weight excluding hydrogens is 226 g/mol. The standard InChI is InChI=1S/C15H25NS/c1-13(2)10-15(7-3-4-8-15)12-16-11-14-6-5-9-17-14/h5-6,9,13,16H,3-4,7-8,10-12H2,1-2H3. The highest BCUT2D eigenvalue weighted by Crippen LogP contribution is 2.42.